The smallest absolute Gasteiger partial charge is 0.241 e. The molecule has 3 N–H and O–H groups in total. The van der Waals surface area contributed by atoms with Gasteiger partial charge in [-0.05, 0) is 43.1 Å². The van der Waals surface area contributed by atoms with Crippen molar-refractivity contribution < 1.29 is 4.79 Å². The number of anilines is 1. The lowest BCUT2D eigenvalue weighted by atomic mass is 10.0. The first-order valence-corrected chi connectivity index (χ1v) is 7.84. The lowest BCUT2D eigenvalue weighted by Gasteiger charge is -2.19. The molecule has 0 unspecified atom stereocenters. The van der Waals surface area contributed by atoms with E-state index in [9.17, 15) is 4.79 Å². The first-order chi connectivity index (χ1) is 9.96. The molecule has 1 aromatic rings. The molecule has 0 fully saturated rings. The lowest BCUT2D eigenvalue weighted by Crippen LogP contribution is -2.36. The second kappa shape index (κ2) is 12.6. The van der Waals surface area contributed by atoms with Gasteiger partial charge in [0, 0.05) is 12.2 Å². The molecule has 4 nitrogen and oxygen atoms in total. The third kappa shape index (κ3) is 9.16. The maximum absolute atomic E-state index is 12.0. The minimum Gasteiger partial charge on any atom is -0.325 e. The summed E-state index contributed by atoms with van der Waals surface area (Å²) in [5.41, 5.74) is 7.93. The van der Waals surface area contributed by atoms with Crippen molar-refractivity contribution >= 4 is 36.4 Å². The maximum Gasteiger partial charge on any atom is 0.241 e. The van der Waals surface area contributed by atoms with Crippen molar-refractivity contribution in [2.45, 2.75) is 46.7 Å². The van der Waals surface area contributed by atoms with Gasteiger partial charge in [-0.3, -0.25) is 9.69 Å². The predicted molar refractivity (Wildman–Crippen MR) is 104 cm³/mol. The fourth-order valence-corrected chi connectivity index (χ4v) is 2.30. The van der Waals surface area contributed by atoms with Crippen molar-refractivity contribution in [3.05, 3.63) is 29.8 Å². The Bertz CT molecular complexity index is 451. The van der Waals surface area contributed by atoms with E-state index in [0.717, 1.165) is 25.3 Å². The van der Waals surface area contributed by atoms with Crippen LogP contribution in [0.5, 0.6) is 0 Å². The van der Waals surface area contributed by atoms with Gasteiger partial charge in [0.2, 0.25) is 5.91 Å². The molecule has 1 amide bonds. The Kier molecular flexibility index (Phi) is 13.4. The SMILES string of the molecule is CCN(CC)Cc1cccc(NC(=O)[C@@H](N)CC(C)C)c1.Cl.Cl. The normalized spacial score (nSPS) is 11.6. The summed E-state index contributed by atoms with van der Waals surface area (Å²) in [5.74, 6) is 0.309. The van der Waals surface area contributed by atoms with Gasteiger partial charge >= 0.3 is 0 Å². The second-order valence-corrected chi connectivity index (χ2v) is 5.89. The zero-order valence-electron chi connectivity index (χ0n) is 14.5. The molecule has 1 atom stereocenters. The lowest BCUT2D eigenvalue weighted by molar-refractivity contribution is -0.117. The van der Waals surface area contributed by atoms with Crippen LogP contribution in [0.1, 0.15) is 39.7 Å². The van der Waals surface area contributed by atoms with E-state index < -0.39 is 6.04 Å². The Morgan fingerprint density at radius 3 is 2.35 bits per heavy atom. The van der Waals surface area contributed by atoms with E-state index in [1.807, 2.05) is 18.2 Å². The summed E-state index contributed by atoms with van der Waals surface area (Å²) in [6.45, 7) is 11.4. The van der Waals surface area contributed by atoms with Crippen LogP contribution in [0.2, 0.25) is 0 Å². The summed E-state index contributed by atoms with van der Waals surface area (Å²) >= 11 is 0. The zero-order chi connectivity index (χ0) is 15.8. The van der Waals surface area contributed by atoms with E-state index in [4.69, 9.17) is 5.73 Å². The quantitative estimate of drug-likeness (QED) is 0.740. The van der Waals surface area contributed by atoms with Crippen LogP contribution >= 0.6 is 24.8 Å². The van der Waals surface area contributed by atoms with Gasteiger partial charge in [-0.15, -0.1) is 24.8 Å². The number of nitrogens with one attached hydrogen (secondary N) is 1. The molecule has 0 radical (unpaired) electrons. The van der Waals surface area contributed by atoms with E-state index in [0.29, 0.717) is 12.3 Å². The summed E-state index contributed by atoms with van der Waals surface area (Å²) in [6.07, 6.45) is 0.699. The molecule has 0 spiro atoms. The van der Waals surface area contributed by atoms with E-state index >= 15 is 0 Å². The molecule has 0 saturated heterocycles. The number of halogens is 2. The topological polar surface area (TPSA) is 58.4 Å². The van der Waals surface area contributed by atoms with E-state index in [1.54, 1.807) is 0 Å². The predicted octanol–water partition coefficient (Wildman–Crippen LogP) is 3.68. The largest absolute Gasteiger partial charge is 0.325 e. The van der Waals surface area contributed by atoms with Gasteiger partial charge < -0.3 is 11.1 Å². The highest BCUT2D eigenvalue weighted by Gasteiger charge is 2.15. The van der Waals surface area contributed by atoms with Crippen LogP contribution in [0.25, 0.3) is 0 Å². The van der Waals surface area contributed by atoms with Gasteiger partial charge in [-0.25, -0.2) is 0 Å². The summed E-state index contributed by atoms with van der Waals surface area (Å²) in [4.78, 5) is 14.4. The number of hydrogen-bond donors (Lipinski definition) is 2. The van der Waals surface area contributed by atoms with Crippen molar-refractivity contribution in [2.24, 2.45) is 11.7 Å². The number of rotatable bonds is 8. The van der Waals surface area contributed by atoms with Crippen LogP contribution in [0.4, 0.5) is 5.69 Å². The van der Waals surface area contributed by atoms with Gasteiger partial charge in [-0.2, -0.15) is 0 Å². The van der Waals surface area contributed by atoms with Crippen molar-refractivity contribution in [2.75, 3.05) is 18.4 Å². The number of hydrogen-bond acceptors (Lipinski definition) is 3. The third-order valence-electron chi connectivity index (χ3n) is 3.56. The van der Waals surface area contributed by atoms with Crippen LogP contribution in [0.3, 0.4) is 0 Å². The summed E-state index contributed by atoms with van der Waals surface area (Å²) < 4.78 is 0. The molecule has 23 heavy (non-hydrogen) atoms. The molecular formula is C17H31Cl2N3O. The zero-order valence-corrected chi connectivity index (χ0v) is 16.2. The molecule has 0 aromatic heterocycles. The molecule has 0 heterocycles. The average molecular weight is 364 g/mol. The van der Waals surface area contributed by atoms with E-state index in [-0.39, 0.29) is 30.7 Å². The maximum atomic E-state index is 12.0. The highest BCUT2D eigenvalue weighted by molar-refractivity contribution is 5.94. The van der Waals surface area contributed by atoms with Crippen molar-refractivity contribution in [1.29, 1.82) is 0 Å². The molecular weight excluding hydrogens is 333 g/mol. The van der Waals surface area contributed by atoms with Crippen LogP contribution in [0, 0.1) is 5.92 Å². The first kappa shape index (κ1) is 24.4. The van der Waals surface area contributed by atoms with Gasteiger partial charge in [-0.1, -0.05) is 39.8 Å². The highest BCUT2D eigenvalue weighted by atomic mass is 35.5. The first-order valence-electron chi connectivity index (χ1n) is 7.84. The number of nitrogens with zero attached hydrogens (tertiary/aromatic N) is 1. The second-order valence-electron chi connectivity index (χ2n) is 5.89. The number of benzene rings is 1. The van der Waals surface area contributed by atoms with Crippen LogP contribution in [-0.2, 0) is 11.3 Å². The molecule has 6 heteroatoms. The fourth-order valence-electron chi connectivity index (χ4n) is 2.30. The molecule has 0 saturated carbocycles. The molecule has 0 aliphatic heterocycles. The van der Waals surface area contributed by atoms with Gasteiger partial charge in [0.05, 0.1) is 6.04 Å². The Hall–Kier alpha value is -0.810. The highest BCUT2D eigenvalue weighted by Crippen LogP contribution is 2.14. The monoisotopic (exact) mass is 363 g/mol. The molecule has 0 aliphatic carbocycles. The Balaban J connectivity index is 0. The standard InChI is InChI=1S/C17H29N3O.2ClH/c1-5-20(6-2)12-14-8-7-9-15(11-14)19-17(21)16(18)10-13(3)4;;/h7-9,11,13,16H,5-6,10,12,18H2,1-4H3,(H,19,21);2*1H/t16-;;/m0../s1. The molecule has 0 aliphatic rings. The van der Waals surface area contributed by atoms with Gasteiger partial charge in [0.25, 0.3) is 0 Å². The van der Waals surface area contributed by atoms with E-state index in [1.165, 1.54) is 5.56 Å². The summed E-state index contributed by atoms with van der Waals surface area (Å²) in [7, 11) is 0. The number of carbonyl (C=O) groups excluding carboxylic acids is 1. The Morgan fingerprint density at radius 1 is 1.22 bits per heavy atom. The fraction of sp³-hybridized carbons (Fsp3) is 0.588. The third-order valence-corrected chi connectivity index (χ3v) is 3.56. The number of nitrogens with two attached hydrogens (primary N) is 1. The molecule has 1 aromatic carbocycles. The van der Waals surface area contributed by atoms with Crippen LogP contribution in [0.15, 0.2) is 24.3 Å². The molecule has 134 valence electrons. The summed E-state index contributed by atoms with van der Waals surface area (Å²) in [6, 6.07) is 7.55. The van der Waals surface area contributed by atoms with Crippen molar-refractivity contribution in [1.82, 2.24) is 4.90 Å². The van der Waals surface area contributed by atoms with Crippen LogP contribution < -0.4 is 11.1 Å². The van der Waals surface area contributed by atoms with Crippen LogP contribution in [-0.4, -0.2) is 29.9 Å². The Labute approximate surface area is 153 Å². The van der Waals surface area contributed by atoms with Gasteiger partial charge in [0.1, 0.15) is 0 Å². The number of amides is 1. The Morgan fingerprint density at radius 2 is 1.83 bits per heavy atom. The minimum absolute atomic E-state index is 0. The van der Waals surface area contributed by atoms with Crippen molar-refractivity contribution in [3.8, 4) is 0 Å². The van der Waals surface area contributed by atoms with Gasteiger partial charge in [0.15, 0.2) is 0 Å². The number of carbonyl (C=O) groups is 1. The molecule has 1 rings (SSSR count). The summed E-state index contributed by atoms with van der Waals surface area (Å²) in [5, 5.41) is 2.91. The average Bonchev–Trinajstić information content (AvgIpc) is 2.44. The minimum atomic E-state index is -0.448. The van der Waals surface area contributed by atoms with Crippen molar-refractivity contribution in [3.63, 3.8) is 0 Å². The molecule has 0 bridgehead atoms. The van der Waals surface area contributed by atoms with E-state index in [2.05, 4.69) is 44.0 Å².